The Kier molecular flexibility index (Phi) is 6.86. The van der Waals surface area contributed by atoms with Crippen molar-refractivity contribution < 1.29 is 26.4 Å². The highest BCUT2D eigenvalue weighted by Gasteiger charge is 2.28. The maximum Gasteiger partial charge on any atom is 0.319 e. The molecule has 2 atom stereocenters. The summed E-state index contributed by atoms with van der Waals surface area (Å²) in [4.78, 5) is 23.9. The molecule has 2 unspecified atom stereocenters. The Bertz CT molecular complexity index is 911. The highest BCUT2D eigenvalue weighted by molar-refractivity contribution is 7.91. The fourth-order valence-electron chi connectivity index (χ4n) is 3.53. The van der Waals surface area contributed by atoms with Crippen LogP contribution in [0.5, 0.6) is 0 Å². The lowest BCUT2D eigenvalue weighted by Crippen LogP contribution is -2.33. The number of rotatable bonds is 6. The van der Waals surface area contributed by atoms with Crippen molar-refractivity contribution in [1.29, 1.82) is 0 Å². The van der Waals surface area contributed by atoms with Crippen LogP contribution in [0.15, 0.2) is 24.3 Å². The summed E-state index contributed by atoms with van der Waals surface area (Å²) in [5.41, 5.74) is 1.04. The third-order valence-electron chi connectivity index (χ3n) is 5.16. The van der Waals surface area contributed by atoms with Crippen molar-refractivity contribution in [2.75, 3.05) is 46.7 Å². The molecule has 1 aromatic rings. The number of carbonyl (C=O) groups is 2. The van der Waals surface area contributed by atoms with Gasteiger partial charge in [0, 0.05) is 24.5 Å². The van der Waals surface area contributed by atoms with Gasteiger partial charge in [-0.15, -0.1) is 0 Å². The SMILES string of the molecule is O=C(NCC1CCS(=O)(=O)C1)Nc1ccc(NC(=O)NCC2CCS(=O)(=O)C2)cc1. The van der Waals surface area contributed by atoms with Gasteiger partial charge in [-0.2, -0.15) is 0 Å². The summed E-state index contributed by atoms with van der Waals surface area (Å²) in [5.74, 6) is 0.426. The van der Waals surface area contributed by atoms with Gasteiger partial charge < -0.3 is 21.3 Å². The first kappa shape index (κ1) is 22.3. The van der Waals surface area contributed by atoms with Gasteiger partial charge in [0.15, 0.2) is 19.7 Å². The second kappa shape index (κ2) is 9.21. The molecule has 2 aliphatic rings. The zero-order chi connectivity index (χ0) is 21.8. The molecule has 4 N–H and O–H groups in total. The van der Waals surface area contributed by atoms with Crippen LogP contribution in [0.3, 0.4) is 0 Å². The smallest absolute Gasteiger partial charge is 0.319 e. The van der Waals surface area contributed by atoms with Crippen LogP contribution in [0.25, 0.3) is 0 Å². The summed E-state index contributed by atoms with van der Waals surface area (Å²) in [5, 5.41) is 10.6. The van der Waals surface area contributed by atoms with Crippen LogP contribution in [0.1, 0.15) is 12.8 Å². The average Bonchev–Trinajstić information content (AvgIpc) is 3.20. The molecule has 0 saturated carbocycles. The number of benzene rings is 1. The molecule has 3 rings (SSSR count). The fraction of sp³-hybridized carbons (Fsp3) is 0.556. The van der Waals surface area contributed by atoms with Gasteiger partial charge in [-0.1, -0.05) is 0 Å². The summed E-state index contributed by atoms with van der Waals surface area (Å²) in [6.45, 7) is 0.598. The van der Waals surface area contributed by atoms with Gasteiger partial charge in [0.05, 0.1) is 23.0 Å². The van der Waals surface area contributed by atoms with E-state index < -0.39 is 31.7 Å². The fourth-order valence-corrected chi connectivity index (χ4v) is 7.25. The molecule has 2 aliphatic heterocycles. The van der Waals surface area contributed by atoms with Crippen molar-refractivity contribution in [2.45, 2.75) is 12.8 Å². The Balaban J connectivity index is 1.38. The largest absolute Gasteiger partial charge is 0.338 e. The number of sulfone groups is 2. The van der Waals surface area contributed by atoms with Crippen LogP contribution in [-0.4, -0.2) is 65.0 Å². The lowest BCUT2D eigenvalue weighted by molar-refractivity contribution is 0.249. The summed E-state index contributed by atoms with van der Waals surface area (Å²) in [7, 11) is -5.94. The average molecular weight is 459 g/mol. The van der Waals surface area contributed by atoms with Crippen molar-refractivity contribution in [2.24, 2.45) is 11.8 Å². The summed E-state index contributed by atoms with van der Waals surface area (Å²) < 4.78 is 45.7. The second-order valence-electron chi connectivity index (χ2n) is 7.79. The van der Waals surface area contributed by atoms with E-state index in [1.165, 1.54) is 0 Å². The maximum atomic E-state index is 12.0. The Hall–Kier alpha value is -2.34. The highest BCUT2D eigenvalue weighted by atomic mass is 32.2. The molecule has 0 aromatic heterocycles. The van der Waals surface area contributed by atoms with Crippen molar-refractivity contribution >= 4 is 43.1 Å². The van der Waals surface area contributed by atoms with Crippen molar-refractivity contribution in [1.82, 2.24) is 10.6 Å². The third-order valence-corrected chi connectivity index (χ3v) is 8.83. The molecule has 30 heavy (non-hydrogen) atoms. The van der Waals surface area contributed by atoms with Gasteiger partial charge >= 0.3 is 12.1 Å². The number of amides is 4. The minimum absolute atomic E-state index is 0.0600. The van der Waals surface area contributed by atoms with Gasteiger partial charge in [0.1, 0.15) is 0 Å². The molecule has 1 aromatic carbocycles. The predicted octanol–water partition coefficient (Wildman–Crippen LogP) is 0.799. The number of carbonyl (C=O) groups excluding carboxylic acids is 2. The van der Waals surface area contributed by atoms with Crippen molar-refractivity contribution in [3.8, 4) is 0 Å². The van der Waals surface area contributed by atoms with Crippen molar-refractivity contribution in [3.63, 3.8) is 0 Å². The van der Waals surface area contributed by atoms with E-state index in [9.17, 15) is 26.4 Å². The van der Waals surface area contributed by atoms with E-state index in [1.807, 2.05) is 0 Å². The molecular formula is C18H26N4O6S2. The van der Waals surface area contributed by atoms with E-state index in [0.717, 1.165) is 0 Å². The zero-order valence-corrected chi connectivity index (χ0v) is 18.0. The standard InChI is InChI=1S/C18H26N4O6S2/c23-17(19-9-13-5-7-29(25,26)11-13)21-15-1-2-16(4-3-15)22-18(24)20-10-14-6-8-30(27,28)12-14/h1-4,13-14H,5-12H2,(H2,19,21,23)(H2,20,22,24). The molecule has 0 radical (unpaired) electrons. The van der Waals surface area contributed by atoms with Crippen LogP contribution < -0.4 is 21.3 Å². The number of anilines is 2. The molecular weight excluding hydrogens is 432 g/mol. The number of hydrogen-bond donors (Lipinski definition) is 4. The summed E-state index contributed by atoms with van der Waals surface area (Å²) in [6.07, 6.45) is 1.11. The molecule has 4 amide bonds. The molecule has 0 bridgehead atoms. The number of nitrogens with one attached hydrogen (secondary N) is 4. The first-order valence-corrected chi connectivity index (χ1v) is 13.4. The minimum atomic E-state index is -2.97. The summed E-state index contributed by atoms with van der Waals surface area (Å²) >= 11 is 0. The quantitative estimate of drug-likeness (QED) is 0.495. The maximum absolute atomic E-state index is 12.0. The lowest BCUT2D eigenvalue weighted by atomic mass is 10.1. The van der Waals surface area contributed by atoms with Crippen LogP contribution >= 0.6 is 0 Å². The van der Waals surface area contributed by atoms with E-state index in [-0.39, 0.29) is 34.8 Å². The third kappa shape index (κ3) is 6.87. The van der Waals surface area contributed by atoms with Crippen LogP contribution in [0.2, 0.25) is 0 Å². The topological polar surface area (TPSA) is 151 Å². The van der Waals surface area contributed by atoms with E-state index in [0.29, 0.717) is 37.3 Å². The van der Waals surface area contributed by atoms with Crippen molar-refractivity contribution in [3.05, 3.63) is 24.3 Å². The summed E-state index contributed by atoms with van der Waals surface area (Å²) in [6, 6.07) is 5.64. The molecule has 12 heteroatoms. The first-order valence-electron chi connectivity index (χ1n) is 9.71. The Labute approximate surface area is 176 Å². The number of hydrogen-bond acceptors (Lipinski definition) is 6. The zero-order valence-electron chi connectivity index (χ0n) is 16.4. The Morgan fingerprint density at radius 3 is 1.40 bits per heavy atom. The van der Waals surface area contributed by atoms with E-state index >= 15 is 0 Å². The Morgan fingerprint density at radius 1 is 0.733 bits per heavy atom. The minimum Gasteiger partial charge on any atom is -0.338 e. The molecule has 166 valence electrons. The van der Waals surface area contributed by atoms with Gasteiger partial charge in [-0.25, -0.2) is 26.4 Å². The first-order chi connectivity index (χ1) is 14.1. The molecule has 2 heterocycles. The normalized spacial score (nSPS) is 24.1. The predicted molar refractivity (Wildman–Crippen MR) is 114 cm³/mol. The molecule has 0 spiro atoms. The van der Waals surface area contributed by atoms with Crippen LogP contribution in [0.4, 0.5) is 21.0 Å². The molecule has 0 aliphatic carbocycles. The van der Waals surface area contributed by atoms with Crippen LogP contribution in [-0.2, 0) is 19.7 Å². The molecule has 2 fully saturated rings. The number of urea groups is 2. The Morgan fingerprint density at radius 2 is 1.10 bits per heavy atom. The van der Waals surface area contributed by atoms with Gasteiger partial charge in [-0.3, -0.25) is 0 Å². The van der Waals surface area contributed by atoms with Gasteiger partial charge in [0.25, 0.3) is 0 Å². The molecule has 10 nitrogen and oxygen atoms in total. The van der Waals surface area contributed by atoms with Gasteiger partial charge in [-0.05, 0) is 48.9 Å². The molecule has 2 saturated heterocycles. The van der Waals surface area contributed by atoms with Gasteiger partial charge in [0.2, 0.25) is 0 Å². The van der Waals surface area contributed by atoms with E-state index in [2.05, 4.69) is 21.3 Å². The highest BCUT2D eigenvalue weighted by Crippen LogP contribution is 2.18. The monoisotopic (exact) mass is 458 g/mol. The van der Waals surface area contributed by atoms with Crippen LogP contribution in [0, 0.1) is 11.8 Å². The van der Waals surface area contributed by atoms with E-state index in [4.69, 9.17) is 0 Å². The van der Waals surface area contributed by atoms with E-state index in [1.54, 1.807) is 24.3 Å². The lowest BCUT2D eigenvalue weighted by Gasteiger charge is -2.12. The second-order valence-corrected chi connectivity index (χ2v) is 12.2.